The van der Waals surface area contributed by atoms with Gasteiger partial charge in [0.1, 0.15) is 12.4 Å². The van der Waals surface area contributed by atoms with Gasteiger partial charge in [0.05, 0.1) is 17.6 Å². The van der Waals surface area contributed by atoms with Crippen LogP contribution in [0.25, 0.3) is 0 Å². The highest BCUT2D eigenvalue weighted by atomic mass is 32.2. The lowest BCUT2D eigenvalue weighted by molar-refractivity contribution is 0.122. The van der Waals surface area contributed by atoms with Crippen LogP contribution in [0.1, 0.15) is 30.5 Å². The molecular formula is C18H23N3O4S. The molecule has 1 aliphatic carbocycles. The third kappa shape index (κ3) is 5.48. The summed E-state index contributed by atoms with van der Waals surface area (Å²) in [7, 11) is -3.52. The smallest absolute Gasteiger partial charge is 0.216 e. The van der Waals surface area contributed by atoms with Crippen LogP contribution in [0.15, 0.2) is 42.7 Å². The molecule has 0 aliphatic heterocycles. The van der Waals surface area contributed by atoms with Crippen LogP contribution in [-0.2, 0) is 16.4 Å². The summed E-state index contributed by atoms with van der Waals surface area (Å²) in [5.74, 6) is 0.204. The first-order valence-corrected chi connectivity index (χ1v) is 10.3. The fraction of sp³-hybridized carbons (Fsp3) is 0.444. The van der Waals surface area contributed by atoms with Crippen molar-refractivity contribution >= 4 is 10.0 Å². The van der Waals surface area contributed by atoms with Gasteiger partial charge in [-0.3, -0.25) is 0 Å². The van der Waals surface area contributed by atoms with E-state index in [2.05, 4.69) is 9.97 Å². The van der Waals surface area contributed by atoms with E-state index in [1.54, 1.807) is 6.07 Å². The number of aliphatic hydroxyl groups excluding tert-OH is 1. The van der Waals surface area contributed by atoms with E-state index in [-0.39, 0.29) is 17.8 Å². The van der Waals surface area contributed by atoms with Crippen LogP contribution in [0.2, 0.25) is 0 Å². The topological polar surface area (TPSA) is 115 Å². The molecule has 1 heterocycles. The zero-order chi connectivity index (χ0) is 18.6. The van der Waals surface area contributed by atoms with Gasteiger partial charge in [0.2, 0.25) is 15.9 Å². The number of benzene rings is 1. The van der Waals surface area contributed by atoms with E-state index < -0.39 is 16.1 Å². The lowest BCUT2D eigenvalue weighted by Crippen LogP contribution is -2.22. The zero-order valence-electron chi connectivity index (χ0n) is 14.4. The van der Waals surface area contributed by atoms with Crippen molar-refractivity contribution in [3.63, 3.8) is 0 Å². The van der Waals surface area contributed by atoms with Crippen LogP contribution in [0.5, 0.6) is 5.88 Å². The van der Waals surface area contributed by atoms with Crippen molar-refractivity contribution < 1.29 is 18.3 Å². The van der Waals surface area contributed by atoms with Crippen LogP contribution in [0.4, 0.5) is 0 Å². The molecule has 3 N–H and O–H groups in total. The van der Waals surface area contributed by atoms with Crippen LogP contribution >= 0.6 is 0 Å². The van der Waals surface area contributed by atoms with E-state index in [0.29, 0.717) is 31.6 Å². The van der Waals surface area contributed by atoms with Gasteiger partial charge in [0.25, 0.3) is 0 Å². The second-order valence-corrected chi connectivity index (χ2v) is 8.44. The summed E-state index contributed by atoms with van der Waals surface area (Å²) in [6, 6.07) is 11.8. The zero-order valence-corrected chi connectivity index (χ0v) is 15.2. The standard InChI is InChI=1S/C18H23N3O4S/c19-26(23,24)7-6-14-9-16(11-17(14)22)25-18-10-15(20-12-21-18)8-13-4-2-1-3-5-13/h1-5,10,12,14,16-17,22H,6-9,11H2,(H2,19,23,24)/t14-,16-,17+/m1/s1. The van der Waals surface area contributed by atoms with E-state index in [1.165, 1.54) is 6.33 Å². The van der Waals surface area contributed by atoms with Crippen molar-refractivity contribution in [3.05, 3.63) is 54.0 Å². The molecule has 1 aromatic carbocycles. The fourth-order valence-corrected chi connectivity index (χ4v) is 3.92. The lowest BCUT2D eigenvalue weighted by Gasteiger charge is -2.13. The van der Waals surface area contributed by atoms with Gasteiger partial charge in [-0.1, -0.05) is 30.3 Å². The number of primary sulfonamides is 1. The fourth-order valence-electron chi connectivity index (χ4n) is 3.29. The third-order valence-electron chi connectivity index (χ3n) is 4.60. The van der Waals surface area contributed by atoms with E-state index in [4.69, 9.17) is 9.88 Å². The number of rotatable bonds is 7. The van der Waals surface area contributed by atoms with Gasteiger partial charge in [-0.25, -0.2) is 23.5 Å². The predicted octanol–water partition coefficient (Wildman–Crippen LogP) is 1.26. The first-order chi connectivity index (χ1) is 12.4. The number of hydrogen-bond donors (Lipinski definition) is 2. The minimum absolute atomic E-state index is 0.129. The average molecular weight is 377 g/mol. The number of sulfonamides is 1. The number of hydrogen-bond acceptors (Lipinski definition) is 6. The average Bonchev–Trinajstić information content (AvgIpc) is 2.93. The Hall–Kier alpha value is -2.03. The molecule has 0 unspecified atom stereocenters. The molecule has 2 aromatic rings. The van der Waals surface area contributed by atoms with Gasteiger partial charge in [-0.15, -0.1) is 0 Å². The van der Waals surface area contributed by atoms with Crippen molar-refractivity contribution in [2.45, 2.75) is 37.9 Å². The van der Waals surface area contributed by atoms with Crippen molar-refractivity contribution in [2.75, 3.05) is 5.75 Å². The Balaban J connectivity index is 1.58. The number of ether oxygens (including phenoxy) is 1. The molecule has 3 atom stereocenters. The second-order valence-electron chi connectivity index (χ2n) is 6.70. The molecule has 8 heteroatoms. The van der Waals surface area contributed by atoms with Gasteiger partial charge in [-0.2, -0.15) is 0 Å². The van der Waals surface area contributed by atoms with Crippen molar-refractivity contribution in [1.29, 1.82) is 0 Å². The molecule has 0 saturated heterocycles. The number of nitrogens with zero attached hydrogens (tertiary/aromatic N) is 2. The second kappa shape index (κ2) is 8.11. The highest BCUT2D eigenvalue weighted by Gasteiger charge is 2.34. The summed E-state index contributed by atoms with van der Waals surface area (Å²) in [5, 5.41) is 15.2. The third-order valence-corrected chi connectivity index (χ3v) is 5.41. The quantitative estimate of drug-likeness (QED) is 0.751. The minimum atomic E-state index is -3.52. The maximum atomic E-state index is 11.1. The molecule has 0 bridgehead atoms. The van der Waals surface area contributed by atoms with Gasteiger partial charge in [0, 0.05) is 18.9 Å². The summed E-state index contributed by atoms with van der Waals surface area (Å²) in [5.41, 5.74) is 2.00. The molecule has 3 rings (SSSR count). The van der Waals surface area contributed by atoms with Gasteiger partial charge < -0.3 is 9.84 Å². The molecule has 1 saturated carbocycles. The number of aromatic nitrogens is 2. The highest BCUT2D eigenvalue weighted by molar-refractivity contribution is 7.89. The van der Waals surface area contributed by atoms with Crippen molar-refractivity contribution in [2.24, 2.45) is 11.1 Å². The Morgan fingerprint density at radius 3 is 2.69 bits per heavy atom. The predicted molar refractivity (Wildman–Crippen MR) is 97.0 cm³/mol. The normalized spacial score (nSPS) is 23.1. The Bertz CT molecular complexity index is 829. The molecule has 7 nitrogen and oxygen atoms in total. The Morgan fingerprint density at radius 2 is 1.96 bits per heavy atom. The van der Waals surface area contributed by atoms with E-state index in [0.717, 1.165) is 11.3 Å². The van der Waals surface area contributed by atoms with Crippen LogP contribution < -0.4 is 9.88 Å². The summed E-state index contributed by atoms with van der Waals surface area (Å²) in [4.78, 5) is 8.42. The maximum absolute atomic E-state index is 11.1. The van der Waals surface area contributed by atoms with Gasteiger partial charge in [0.15, 0.2) is 0 Å². The molecule has 0 radical (unpaired) electrons. The Morgan fingerprint density at radius 1 is 1.19 bits per heavy atom. The SMILES string of the molecule is NS(=O)(=O)CC[C@@H]1C[C@@H](Oc2cc(Cc3ccccc3)ncn2)C[C@@H]1O. The number of nitrogens with two attached hydrogens (primary N) is 1. The molecular weight excluding hydrogens is 354 g/mol. The minimum Gasteiger partial charge on any atom is -0.474 e. The monoisotopic (exact) mass is 377 g/mol. The summed E-state index contributed by atoms with van der Waals surface area (Å²) >= 11 is 0. The first-order valence-electron chi connectivity index (χ1n) is 8.59. The Labute approximate surface area is 153 Å². The number of aliphatic hydroxyl groups is 1. The lowest BCUT2D eigenvalue weighted by atomic mass is 10.0. The highest BCUT2D eigenvalue weighted by Crippen LogP contribution is 2.31. The van der Waals surface area contributed by atoms with Crippen molar-refractivity contribution in [1.82, 2.24) is 9.97 Å². The van der Waals surface area contributed by atoms with E-state index in [9.17, 15) is 13.5 Å². The molecule has 0 amide bonds. The van der Waals surface area contributed by atoms with Crippen LogP contribution in [-0.4, -0.2) is 41.5 Å². The molecule has 1 aromatic heterocycles. The summed E-state index contributed by atoms with van der Waals surface area (Å²) in [6.45, 7) is 0. The first kappa shape index (κ1) is 18.8. The van der Waals surface area contributed by atoms with Gasteiger partial charge >= 0.3 is 0 Å². The molecule has 1 fully saturated rings. The summed E-state index contributed by atoms with van der Waals surface area (Å²) < 4.78 is 28.1. The van der Waals surface area contributed by atoms with Crippen molar-refractivity contribution in [3.8, 4) is 5.88 Å². The largest absolute Gasteiger partial charge is 0.474 e. The van der Waals surface area contributed by atoms with Crippen LogP contribution in [0, 0.1) is 5.92 Å². The summed E-state index contributed by atoms with van der Waals surface area (Å²) in [6.07, 6.45) is 2.73. The molecule has 140 valence electrons. The Kier molecular flexibility index (Phi) is 5.85. The van der Waals surface area contributed by atoms with E-state index >= 15 is 0 Å². The maximum Gasteiger partial charge on any atom is 0.216 e. The van der Waals surface area contributed by atoms with Gasteiger partial charge in [-0.05, 0) is 24.3 Å². The van der Waals surface area contributed by atoms with E-state index in [1.807, 2.05) is 30.3 Å². The molecule has 0 spiro atoms. The van der Waals surface area contributed by atoms with Crippen LogP contribution in [0.3, 0.4) is 0 Å². The molecule has 1 aliphatic rings. The molecule has 26 heavy (non-hydrogen) atoms.